The van der Waals surface area contributed by atoms with Crippen LogP contribution in [-0.2, 0) is 0 Å². The molecule has 2 nitrogen and oxygen atoms in total. The Labute approximate surface area is 81.9 Å². The van der Waals surface area contributed by atoms with Gasteiger partial charge >= 0.3 is 0 Å². The monoisotopic (exact) mass is 185 g/mol. The van der Waals surface area contributed by atoms with Crippen molar-refractivity contribution >= 4 is 0 Å². The van der Waals surface area contributed by atoms with Crippen molar-refractivity contribution in [3.63, 3.8) is 0 Å². The van der Waals surface area contributed by atoms with E-state index >= 15 is 0 Å². The molecule has 1 N–H and O–H groups in total. The largest absolute Gasteiger partial charge is 0.396 e. The van der Waals surface area contributed by atoms with E-state index in [2.05, 4.69) is 25.7 Å². The first-order chi connectivity index (χ1) is 6.15. The SMILES string of the molecule is CC1CCN(C(C)C(C)CO)CC1. The van der Waals surface area contributed by atoms with Crippen molar-refractivity contribution in [3.05, 3.63) is 0 Å². The van der Waals surface area contributed by atoms with Crippen LogP contribution < -0.4 is 0 Å². The molecule has 1 saturated heterocycles. The Morgan fingerprint density at radius 1 is 1.31 bits per heavy atom. The average Bonchev–Trinajstić information content (AvgIpc) is 2.17. The summed E-state index contributed by atoms with van der Waals surface area (Å²) < 4.78 is 0. The minimum Gasteiger partial charge on any atom is -0.396 e. The summed E-state index contributed by atoms with van der Waals surface area (Å²) in [7, 11) is 0. The topological polar surface area (TPSA) is 23.5 Å². The molecule has 0 aromatic carbocycles. The summed E-state index contributed by atoms with van der Waals surface area (Å²) in [4.78, 5) is 2.51. The number of hydrogen-bond acceptors (Lipinski definition) is 2. The van der Waals surface area contributed by atoms with E-state index in [0.29, 0.717) is 18.6 Å². The molecule has 1 aliphatic heterocycles. The predicted molar refractivity (Wildman–Crippen MR) is 55.7 cm³/mol. The van der Waals surface area contributed by atoms with Crippen LogP contribution in [-0.4, -0.2) is 35.7 Å². The molecule has 2 atom stereocenters. The summed E-state index contributed by atoms with van der Waals surface area (Å²) in [6.07, 6.45) is 2.64. The Bertz CT molecular complexity index is 141. The second-order valence-corrected chi connectivity index (χ2v) is 4.62. The van der Waals surface area contributed by atoms with Crippen LogP contribution in [0.15, 0.2) is 0 Å². The number of rotatable bonds is 3. The van der Waals surface area contributed by atoms with Gasteiger partial charge in [0.05, 0.1) is 0 Å². The Morgan fingerprint density at radius 2 is 1.85 bits per heavy atom. The lowest BCUT2D eigenvalue weighted by Crippen LogP contribution is -2.43. The van der Waals surface area contributed by atoms with Crippen molar-refractivity contribution in [3.8, 4) is 0 Å². The quantitative estimate of drug-likeness (QED) is 0.724. The zero-order chi connectivity index (χ0) is 9.84. The van der Waals surface area contributed by atoms with Crippen molar-refractivity contribution in [2.45, 2.75) is 39.7 Å². The van der Waals surface area contributed by atoms with Gasteiger partial charge < -0.3 is 10.0 Å². The maximum atomic E-state index is 9.06. The molecular weight excluding hydrogens is 162 g/mol. The summed E-state index contributed by atoms with van der Waals surface area (Å²) in [5.41, 5.74) is 0. The van der Waals surface area contributed by atoms with Gasteiger partial charge in [0.15, 0.2) is 0 Å². The Balaban J connectivity index is 2.35. The van der Waals surface area contributed by atoms with Crippen molar-refractivity contribution in [2.75, 3.05) is 19.7 Å². The number of aliphatic hydroxyl groups excluding tert-OH is 1. The van der Waals surface area contributed by atoms with E-state index in [0.717, 1.165) is 5.92 Å². The van der Waals surface area contributed by atoms with Crippen molar-refractivity contribution in [1.29, 1.82) is 0 Å². The van der Waals surface area contributed by atoms with Crippen LogP contribution in [0.1, 0.15) is 33.6 Å². The van der Waals surface area contributed by atoms with Crippen molar-refractivity contribution < 1.29 is 5.11 Å². The molecule has 1 heterocycles. The summed E-state index contributed by atoms with van der Waals surface area (Å²) in [6, 6.07) is 0.539. The van der Waals surface area contributed by atoms with Gasteiger partial charge in [0.25, 0.3) is 0 Å². The smallest absolute Gasteiger partial charge is 0.0471 e. The molecule has 0 amide bonds. The zero-order valence-corrected chi connectivity index (χ0v) is 9.16. The van der Waals surface area contributed by atoms with Crippen LogP contribution in [0.5, 0.6) is 0 Å². The molecule has 2 unspecified atom stereocenters. The standard InChI is InChI=1S/C11H23NO/c1-9-4-6-12(7-5-9)11(3)10(2)8-13/h9-11,13H,4-8H2,1-3H3. The molecule has 1 aliphatic rings. The first-order valence-electron chi connectivity index (χ1n) is 5.50. The van der Waals surface area contributed by atoms with E-state index in [1.165, 1.54) is 25.9 Å². The normalized spacial score (nSPS) is 25.8. The molecule has 0 aromatic heterocycles. The highest BCUT2D eigenvalue weighted by atomic mass is 16.3. The summed E-state index contributed by atoms with van der Waals surface area (Å²) >= 11 is 0. The Morgan fingerprint density at radius 3 is 2.31 bits per heavy atom. The highest BCUT2D eigenvalue weighted by molar-refractivity contribution is 4.77. The second kappa shape index (κ2) is 4.97. The summed E-state index contributed by atoms with van der Waals surface area (Å²) in [5, 5.41) is 9.06. The first kappa shape index (κ1) is 11.0. The molecule has 0 aliphatic carbocycles. The number of piperidine rings is 1. The predicted octanol–water partition coefficient (Wildman–Crippen LogP) is 1.74. The van der Waals surface area contributed by atoms with E-state index in [4.69, 9.17) is 5.11 Å². The third kappa shape index (κ3) is 2.96. The van der Waals surface area contributed by atoms with Crippen LogP contribution in [0.2, 0.25) is 0 Å². The van der Waals surface area contributed by atoms with Crippen molar-refractivity contribution in [1.82, 2.24) is 4.90 Å². The highest BCUT2D eigenvalue weighted by Gasteiger charge is 2.23. The lowest BCUT2D eigenvalue weighted by Gasteiger charge is -2.37. The fraction of sp³-hybridized carbons (Fsp3) is 1.00. The number of hydrogen-bond donors (Lipinski definition) is 1. The third-order valence-electron chi connectivity index (χ3n) is 3.51. The number of aliphatic hydroxyl groups is 1. The number of likely N-dealkylation sites (tertiary alicyclic amines) is 1. The van der Waals surface area contributed by atoms with Gasteiger partial charge in [-0.3, -0.25) is 0 Å². The minimum atomic E-state index is 0.313. The van der Waals surface area contributed by atoms with Crippen molar-refractivity contribution in [2.24, 2.45) is 11.8 Å². The first-order valence-corrected chi connectivity index (χ1v) is 5.50. The van der Waals surface area contributed by atoms with E-state index in [1.807, 2.05) is 0 Å². The average molecular weight is 185 g/mol. The fourth-order valence-electron chi connectivity index (χ4n) is 1.95. The molecule has 2 heteroatoms. The van der Waals surface area contributed by atoms with Crippen LogP contribution in [0.3, 0.4) is 0 Å². The Hall–Kier alpha value is -0.0800. The van der Waals surface area contributed by atoms with E-state index in [1.54, 1.807) is 0 Å². The third-order valence-corrected chi connectivity index (χ3v) is 3.51. The summed E-state index contributed by atoms with van der Waals surface area (Å²) in [5.74, 6) is 1.31. The van der Waals surface area contributed by atoms with Gasteiger partial charge in [0, 0.05) is 12.6 Å². The summed E-state index contributed by atoms with van der Waals surface area (Å²) in [6.45, 7) is 9.43. The zero-order valence-electron chi connectivity index (χ0n) is 9.16. The maximum absolute atomic E-state index is 9.06. The molecule has 0 spiro atoms. The molecule has 13 heavy (non-hydrogen) atoms. The van der Waals surface area contributed by atoms with Gasteiger partial charge in [0.2, 0.25) is 0 Å². The van der Waals surface area contributed by atoms with Crippen LogP contribution in [0, 0.1) is 11.8 Å². The molecule has 1 rings (SSSR count). The molecule has 78 valence electrons. The van der Waals surface area contributed by atoms with Gasteiger partial charge in [0.1, 0.15) is 0 Å². The molecule has 0 radical (unpaired) electrons. The van der Waals surface area contributed by atoms with E-state index in [9.17, 15) is 0 Å². The lowest BCUT2D eigenvalue weighted by atomic mass is 9.95. The molecule has 1 fully saturated rings. The highest BCUT2D eigenvalue weighted by Crippen LogP contribution is 2.20. The second-order valence-electron chi connectivity index (χ2n) is 4.62. The van der Waals surface area contributed by atoms with Crippen LogP contribution in [0.25, 0.3) is 0 Å². The van der Waals surface area contributed by atoms with Gasteiger partial charge in [-0.05, 0) is 44.7 Å². The van der Waals surface area contributed by atoms with E-state index in [-0.39, 0.29) is 0 Å². The molecule has 0 aromatic rings. The van der Waals surface area contributed by atoms with Crippen LogP contribution >= 0.6 is 0 Å². The van der Waals surface area contributed by atoms with Gasteiger partial charge in [-0.1, -0.05) is 13.8 Å². The molecule has 0 bridgehead atoms. The molecule has 0 saturated carbocycles. The van der Waals surface area contributed by atoms with E-state index < -0.39 is 0 Å². The van der Waals surface area contributed by atoms with Gasteiger partial charge in [-0.25, -0.2) is 0 Å². The molecular formula is C11H23NO. The maximum Gasteiger partial charge on any atom is 0.0471 e. The minimum absolute atomic E-state index is 0.313. The number of nitrogens with zero attached hydrogens (tertiary/aromatic N) is 1. The Kier molecular flexibility index (Phi) is 4.20. The van der Waals surface area contributed by atoms with Gasteiger partial charge in [-0.2, -0.15) is 0 Å². The van der Waals surface area contributed by atoms with Crippen LogP contribution in [0.4, 0.5) is 0 Å². The fourth-order valence-corrected chi connectivity index (χ4v) is 1.95. The van der Waals surface area contributed by atoms with Gasteiger partial charge in [-0.15, -0.1) is 0 Å². The lowest BCUT2D eigenvalue weighted by molar-refractivity contribution is 0.0866.